The summed E-state index contributed by atoms with van der Waals surface area (Å²) >= 11 is 0. The van der Waals surface area contributed by atoms with E-state index in [-0.39, 0.29) is 41.5 Å². The maximum atomic E-state index is 13.4. The first-order valence-corrected chi connectivity index (χ1v) is 10.4. The van der Waals surface area contributed by atoms with E-state index in [2.05, 4.69) is 6.92 Å². The molecule has 4 N–H and O–H groups in total. The third-order valence-corrected chi connectivity index (χ3v) is 9.27. The highest BCUT2D eigenvalue weighted by Crippen LogP contribution is 2.67. The van der Waals surface area contributed by atoms with Gasteiger partial charge in [-0.05, 0) is 68.1 Å². The van der Waals surface area contributed by atoms with E-state index in [0.29, 0.717) is 12.3 Å². The van der Waals surface area contributed by atoms with E-state index < -0.39 is 23.7 Å². The molecule has 148 valence electrons. The Morgan fingerprint density at radius 3 is 2.58 bits per heavy atom. The Balaban J connectivity index is 1.69. The predicted molar refractivity (Wildman–Crippen MR) is 96.2 cm³/mol. The molecule has 0 spiro atoms. The molecule has 9 atom stereocenters. The summed E-state index contributed by atoms with van der Waals surface area (Å²) in [6.07, 6.45) is 4.61. The summed E-state index contributed by atoms with van der Waals surface area (Å²) < 4.78 is 0. The zero-order chi connectivity index (χ0) is 18.9. The Morgan fingerprint density at radius 2 is 1.88 bits per heavy atom. The fourth-order valence-electron chi connectivity index (χ4n) is 7.79. The molecule has 0 amide bonds. The van der Waals surface area contributed by atoms with Crippen molar-refractivity contribution >= 4 is 5.78 Å². The van der Waals surface area contributed by atoms with Gasteiger partial charge >= 0.3 is 0 Å². The molecule has 4 fully saturated rings. The molecule has 26 heavy (non-hydrogen) atoms. The average Bonchev–Trinajstić information content (AvgIpc) is 2.86. The number of fused-ring (bicyclic) bond motifs is 5. The third-order valence-electron chi connectivity index (χ3n) is 9.27. The number of carbonyl (C=O) groups is 1. The standard InChI is InChI=1S/C21H34O5/c1-19-7-5-13(23)9-12(19)3-4-14-15-6-8-21(26,17(25)11-22)20(15,2)10-16(24)18(14)19/h12-15,17-18,22-23,25-26H,3-11H2,1-2H3/t12-,13-,14-,15-,17+,18+,19-,20-,21-/m0/s1. The average molecular weight is 366 g/mol. The molecule has 4 aliphatic rings. The summed E-state index contributed by atoms with van der Waals surface area (Å²) in [5.41, 5.74) is -2.09. The Morgan fingerprint density at radius 1 is 1.15 bits per heavy atom. The smallest absolute Gasteiger partial charge is 0.137 e. The van der Waals surface area contributed by atoms with Crippen LogP contribution in [0.2, 0.25) is 0 Å². The van der Waals surface area contributed by atoms with Gasteiger partial charge < -0.3 is 20.4 Å². The van der Waals surface area contributed by atoms with Crippen molar-refractivity contribution in [1.29, 1.82) is 0 Å². The van der Waals surface area contributed by atoms with E-state index in [1.165, 1.54) is 0 Å². The highest BCUT2D eigenvalue weighted by atomic mass is 16.4. The Kier molecular flexibility index (Phi) is 4.35. The van der Waals surface area contributed by atoms with E-state index in [4.69, 9.17) is 0 Å². The van der Waals surface area contributed by atoms with Gasteiger partial charge in [-0.3, -0.25) is 4.79 Å². The lowest BCUT2D eigenvalue weighted by atomic mass is 9.44. The van der Waals surface area contributed by atoms with Crippen LogP contribution in [0.1, 0.15) is 65.2 Å². The minimum atomic E-state index is -1.38. The van der Waals surface area contributed by atoms with Crippen LogP contribution in [0, 0.1) is 34.5 Å². The molecular formula is C21H34O5. The molecule has 0 unspecified atom stereocenters. The van der Waals surface area contributed by atoms with E-state index in [1.54, 1.807) is 0 Å². The fraction of sp³-hybridized carbons (Fsp3) is 0.952. The zero-order valence-corrected chi connectivity index (χ0v) is 16.0. The summed E-state index contributed by atoms with van der Waals surface area (Å²) in [5.74, 6) is 1.10. The molecule has 4 aliphatic carbocycles. The summed E-state index contributed by atoms with van der Waals surface area (Å²) in [6, 6.07) is 0. The van der Waals surface area contributed by atoms with Gasteiger partial charge in [-0.2, -0.15) is 0 Å². The van der Waals surface area contributed by atoms with Crippen LogP contribution in [0.4, 0.5) is 0 Å². The Bertz CT molecular complexity index is 593. The monoisotopic (exact) mass is 366 g/mol. The van der Waals surface area contributed by atoms with Crippen LogP contribution >= 0.6 is 0 Å². The molecule has 0 aromatic rings. The second kappa shape index (κ2) is 6.00. The molecule has 0 aromatic carbocycles. The molecule has 4 saturated carbocycles. The quantitative estimate of drug-likeness (QED) is 0.596. The molecule has 0 radical (unpaired) electrons. The lowest BCUT2D eigenvalue weighted by Gasteiger charge is -2.60. The normalized spacial score (nSPS) is 55.0. The molecule has 0 heterocycles. The molecule has 0 aliphatic heterocycles. The lowest BCUT2D eigenvalue weighted by Crippen LogP contribution is -2.63. The first-order valence-electron chi connectivity index (χ1n) is 10.4. The third kappa shape index (κ3) is 2.27. The van der Waals surface area contributed by atoms with E-state index in [1.807, 2.05) is 6.92 Å². The number of aliphatic hydroxyl groups excluding tert-OH is 3. The molecule has 0 bridgehead atoms. The van der Waals surface area contributed by atoms with Crippen LogP contribution in [-0.4, -0.2) is 50.6 Å². The SMILES string of the molecule is C[C@]12CC[C@H](O)C[C@@H]1CC[C@@H]1[C@@H]2C(=O)C[C@@]2(C)[C@H]1CC[C@]2(O)[C@H](O)CO. The molecular weight excluding hydrogens is 332 g/mol. The minimum Gasteiger partial charge on any atom is -0.394 e. The van der Waals surface area contributed by atoms with Gasteiger partial charge in [0.05, 0.1) is 18.3 Å². The van der Waals surface area contributed by atoms with E-state index >= 15 is 0 Å². The van der Waals surface area contributed by atoms with Gasteiger partial charge in [-0.25, -0.2) is 0 Å². The second-order valence-corrected chi connectivity index (χ2v) is 10.2. The number of hydrogen-bond donors (Lipinski definition) is 4. The van der Waals surface area contributed by atoms with Gasteiger partial charge in [0.25, 0.3) is 0 Å². The van der Waals surface area contributed by atoms with Gasteiger partial charge in [0.15, 0.2) is 0 Å². The molecule has 5 nitrogen and oxygen atoms in total. The van der Waals surface area contributed by atoms with Crippen molar-refractivity contribution in [3.05, 3.63) is 0 Å². The topological polar surface area (TPSA) is 98.0 Å². The maximum Gasteiger partial charge on any atom is 0.137 e. The number of rotatable bonds is 2. The number of carbonyl (C=O) groups excluding carboxylic acids is 1. The van der Waals surface area contributed by atoms with E-state index in [9.17, 15) is 25.2 Å². The van der Waals surface area contributed by atoms with Gasteiger partial charge in [-0.1, -0.05) is 13.8 Å². The van der Waals surface area contributed by atoms with Crippen LogP contribution in [0.5, 0.6) is 0 Å². The summed E-state index contributed by atoms with van der Waals surface area (Å²) in [4.78, 5) is 13.4. The summed E-state index contributed by atoms with van der Waals surface area (Å²) in [6.45, 7) is 3.74. The molecule has 0 saturated heterocycles. The number of Topliss-reactive ketones (excluding diaryl/α,β-unsaturated/α-hetero) is 1. The number of hydrogen-bond acceptors (Lipinski definition) is 5. The van der Waals surface area contributed by atoms with Crippen LogP contribution in [0.15, 0.2) is 0 Å². The predicted octanol–water partition coefficient (Wildman–Crippen LogP) is 1.65. The lowest BCUT2D eigenvalue weighted by molar-refractivity contribution is -0.196. The van der Waals surface area contributed by atoms with Crippen LogP contribution in [-0.2, 0) is 4.79 Å². The highest BCUT2D eigenvalue weighted by molar-refractivity contribution is 5.84. The number of aliphatic hydroxyl groups is 4. The Labute approximate surface area is 155 Å². The van der Waals surface area contributed by atoms with Crippen molar-refractivity contribution < 1.29 is 25.2 Å². The fourth-order valence-corrected chi connectivity index (χ4v) is 7.79. The van der Waals surface area contributed by atoms with E-state index in [0.717, 1.165) is 38.5 Å². The van der Waals surface area contributed by atoms with Crippen molar-refractivity contribution in [2.24, 2.45) is 34.5 Å². The van der Waals surface area contributed by atoms with Crippen molar-refractivity contribution in [2.45, 2.75) is 83.0 Å². The van der Waals surface area contributed by atoms with Gasteiger partial charge in [0.2, 0.25) is 0 Å². The first-order chi connectivity index (χ1) is 12.2. The van der Waals surface area contributed by atoms with Crippen molar-refractivity contribution in [3.63, 3.8) is 0 Å². The number of ketones is 1. The molecule has 5 heteroatoms. The van der Waals surface area contributed by atoms with Crippen LogP contribution < -0.4 is 0 Å². The Hall–Kier alpha value is -0.490. The molecule has 0 aromatic heterocycles. The maximum absolute atomic E-state index is 13.4. The van der Waals surface area contributed by atoms with Gasteiger partial charge in [0.1, 0.15) is 11.9 Å². The largest absolute Gasteiger partial charge is 0.394 e. The van der Waals surface area contributed by atoms with Crippen LogP contribution in [0.25, 0.3) is 0 Å². The first kappa shape index (κ1) is 18.9. The summed E-state index contributed by atoms with van der Waals surface area (Å²) in [5, 5.41) is 41.2. The highest BCUT2D eigenvalue weighted by Gasteiger charge is 2.68. The van der Waals surface area contributed by atoms with Crippen molar-refractivity contribution in [3.8, 4) is 0 Å². The second-order valence-electron chi connectivity index (χ2n) is 10.2. The zero-order valence-electron chi connectivity index (χ0n) is 16.0. The summed E-state index contributed by atoms with van der Waals surface area (Å²) in [7, 11) is 0. The minimum absolute atomic E-state index is 0.0143. The van der Waals surface area contributed by atoms with Gasteiger partial charge in [-0.15, -0.1) is 0 Å². The molecule has 4 rings (SSSR count). The van der Waals surface area contributed by atoms with Crippen molar-refractivity contribution in [2.75, 3.05) is 6.61 Å². The van der Waals surface area contributed by atoms with Gasteiger partial charge in [0, 0.05) is 17.8 Å². The van der Waals surface area contributed by atoms with Crippen LogP contribution in [0.3, 0.4) is 0 Å². The van der Waals surface area contributed by atoms with Crippen molar-refractivity contribution in [1.82, 2.24) is 0 Å².